The maximum atomic E-state index is 13.8. The molecule has 17 heavy (non-hydrogen) atoms. The molecule has 0 aromatic heterocycles. The predicted molar refractivity (Wildman–Crippen MR) is 64.8 cm³/mol. The molecule has 1 fully saturated rings. The summed E-state index contributed by atoms with van der Waals surface area (Å²) in [6.45, 7) is 6.11. The highest BCUT2D eigenvalue weighted by Gasteiger charge is 2.30. The Bertz CT molecular complexity index is 266. The summed E-state index contributed by atoms with van der Waals surface area (Å²) < 4.78 is 19.1. The van der Waals surface area contributed by atoms with Crippen molar-refractivity contribution in [2.45, 2.75) is 51.4 Å². The van der Waals surface area contributed by atoms with Crippen LogP contribution in [0.1, 0.15) is 33.6 Å². The summed E-state index contributed by atoms with van der Waals surface area (Å²) in [6.07, 6.45) is 0.0919. The Labute approximate surface area is 102 Å². The first-order chi connectivity index (χ1) is 7.83. The molecule has 5 heteroatoms. The Balaban J connectivity index is 2.57. The van der Waals surface area contributed by atoms with Crippen LogP contribution in [0.15, 0.2) is 0 Å². The van der Waals surface area contributed by atoms with Crippen molar-refractivity contribution < 1.29 is 13.9 Å². The van der Waals surface area contributed by atoms with Crippen LogP contribution in [0.4, 0.5) is 9.18 Å². The molecule has 0 aromatic rings. The average Bonchev–Trinajstić information content (AvgIpc) is 2.37. The van der Waals surface area contributed by atoms with Crippen LogP contribution in [0.25, 0.3) is 0 Å². The first kappa shape index (κ1) is 14.2. The molecular weight excluding hydrogens is 223 g/mol. The third kappa shape index (κ3) is 4.50. The highest BCUT2D eigenvalue weighted by Crippen LogP contribution is 2.17. The zero-order chi connectivity index (χ0) is 13.1. The van der Waals surface area contributed by atoms with E-state index < -0.39 is 17.9 Å². The van der Waals surface area contributed by atoms with Crippen molar-refractivity contribution >= 4 is 6.09 Å². The standard InChI is InChI=1S/C12H23FN2O2/c1-12(2,3)17-11(16)15-7-5-6-10(14-4)9(13)8-15/h9-10,14H,5-8H2,1-4H3. The van der Waals surface area contributed by atoms with Gasteiger partial charge in [-0.1, -0.05) is 0 Å². The van der Waals surface area contributed by atoms with Crippen molar-refractivity contribution in [1.82, 2.24) is 10.2 Å². The first-order valence-electron chi connectivity index (χ1n) is 6.13. The number of rotatable bonds is 1. The van der Waals surface area contributed by atoms with Crippen LogP contribution in [0, 0.1) is 0 Å². The minimum atomic E-state index is -1.03. The minimum absolute atomic E-state index is 0.112. The van der Waals surface area contributed by atoms with Gasteiger partial charge in [0, 0.05) is 12.6 Å². The monoisotopic (exact) mass is 246 g/mol. The molecule has 0 spiro atoms. The van der Waals surface area contributed by atoms with Gasteiger partial charge in [0.15, 0.2) is 0 Å². The number of carbonyl (C=O) groups is 1. The van der Waals surface area contributed by atoms with E-state index in [1.54, 1.807) is 7.05 Å². The molecule has 1 heterocycles. The van der Waals surface area contributed by atoms with Crippen LogP contribution in [0.5, 0.6) is 0 Å². The predicted octanol–water partition coefficient (Wildman–Crippen LogP) is 1.94. The van der Waals surface area contributed by atoms with E-state index in [1.165, 1.54) is 4.90 Å². The Morgan fingerprint density at radius 2 is 2.12 bits per heavy atom. The molecule has 0 aromatic carbocycles. The quantitative estimate of drug-likeness (QED) is 0.769. The van der Waals surface area contributed by atoms with Crippen molar-refractivity contribution in [2.75, 3.05) is 20.1 Å². The van der Waals surface area contributed by atoms with Crippen molar-refractivity contribution in [3.8, 4) is 0 Å². The second-order valence-corrected chi connectivity index (χ2v) is 5.48. The van der Waals surface area contributed by atoms with Crippen LogP contribution in [0.2, 0.25) is 0 Å². The van der Waals surface area contributed by atoms with Gasteiger partial charge in [0.1, 0.15) is 11.8 Å². The summed E-state index contributed by atoms with van der Waals surface area (Å²) in [7, 11) is 1.75. The van der Waals surface area contributed by atoms with E-state index in [2.05, 4.69) is 5.32 Å². The summed E-state index contributed by atoms with van der Waals surface area (Å²) >= 11 is 0. The number of ether oxygens (including phenoxy) is 1. The molecule has 2 unspecified atom stereocenters. The fraction of sp³-hybridized carbons (Fsp3) is 0.917. The maximum Gasteiger partial charge on any atom is 0.410 e. The lowest BCUT2D eigenvalue weighted by atomic mass is 10.1. The van der Waals surface area contributed by atoms with Crippen molar-refractivity contribution in [2.24, 2.45) is 0 Å². The second-order valence-electron chi connectivity index (χ2n) is 5.48. The highest BCUT2D eigenvalue weighted by atomic mass is 19.1. The molecule has 0 bridgehead atoms. The number of hydrogen-bond donors (Lipinski definition) is 1. The van der Waals surface area contributed by atoms with Gasteiger partial charge in [0.2, 0.25) is 0 Å². The zero-order valence-electron chi connectivity index (χ0n) is 11.1. The molecule has 1 amide bonds. The molecule has 1 saturated heterocycles. The van der Waals surface area contributed by atoms with Crippen LogP contribution in [-0.2, 0) is 4.74 Å². The Morgan fingerprint density at radius 3 is 2.65 bits per heavy atom. The molecule has 1 rings (SSSR count). The summed E-state index contributed by atoms with van der Waals surface area (Å²) in [5.41, 5.74) is -0.530. The minimum Gasteiger partial charge on any atom is -0.444 e. The van der Waals surface area contributed by atoms with Gasteiger partial charge in [-0.3, -0.25) is 0 Å². The number of alkyl halides is 1. The molecule has 0 saturated carbocycles. The molecule has 4 nitrogen and oxygen atoms in total. The molecule has 1 aliphatic rings. The lowest BCUT2D eigenvalue weighted by Crippen LogP contribution is -2.43. The number of halogens is 1. The molecule has 1 aliphatic heterocycles. The van der Waals surface area contributed by atoms with Crippen LogP contribution < -0.4 is 5.32 Å². The average molecular weight is 246 g/mol. The number of hydrogen-bond acceptors (Lipinski definition) is 3. The Hall–Kier alpha value is -0.840. The Morgan fingerprint density at radius 1 is 1.47 bits per heavy atom. The number of nitrogens with zero attached hydrogens (tertiary/aromatic N) is 1. The third-order valence-corrected chi connectivity index (χ3v) is 2.80. The summed E-state index contributed by atoms with van der Waals surface area (Å²) in [5.74, 6) is 0. The lowest BCUT2D eigenvalue weighted by molar-refractivity contribution is 0.0215. The normalized spacial score (nSPS) is 26.5. The molecule has 0 aliphatic carbocycles. The molecule has 1 N–H and O–H groups in total. The van der Waals surface area contributed by atoms with Gasteiger partial charge < -0.3 is 15.0 Å². The van der Waals surface area contributed by atoms with Gasteiger partial charge in [-0.15, -0.1) is 0 Å². The molecular formula is C12H23FN2O2. The van der Waals surface area contributed by atoms with Gasteiger partial charge in [0.25, 0.3) is 0 Å². The number of amides is 1. The van der Waals surface area contributed by atoms with E-state index in [-0.39, 0.29) is 12.6 Å². The van der Waals surface area contributed by atoms with E-state index >= 15 is 0 Å². The maximum absolute atomic E-state index is 13.8. The topological polar surface area (TPSA) is 41.6 Å². The third-order valence-electron chi connectivity index (χ3n) is 2.80. The van der Waals surface area contributed by atoms with Gasteiger partial charge in [-0.2, -0.15) is 0 Å². The van der Waals surface area contributed by atoms with Crippen LogP contribution in [0.3, 0.4) is 0 Å². The number of nitrogens with one attached hydrogen (secondary N) is 1. The van der Waals surface area contributed by atoms with E-state index in [9.17, 15) is 9.18 Å². The summed E-state index contributed by atoms with van der Waals surface area (Å²) in [6, 6.07) is -0.164. The highest BCUT2D eigenvalue weighted by molar-refractivity contribution is 5.68. The van der Waals surface area contributed by atoms with Crippen molar-refractivity contribution in [3.63, 3.8) is 0 Å². The van der Waals surface area contributed by atoms with E-state index in [0.717, 1.165) is 12.8 Å². The zero-order valence-corrected chi connectivity index (χ0v) is 11.1. The smallest absolute Gasteiger partial charge is 0.410 e. The van der Waals surface area contributed by atoms with E-state index in [4.69, 9.17) is 4.74 Å². The SMILES string of the molecule is CNC1CCCN(C(=O)OC(C)(C)C)CC1F. The van der Waals surface area contributed by atoms with Gasteiger partial charge >= 0.3 is 6.09 Å². The van der Waals surface area contributed by atoms with Crippen molar-refractivity contribution in [3.05, 3.63) is 0 Å². The molecule has 100 valence electrons. The largest absolute Gasteiger partial charge is 0.444 e. The van der Waals surface area contributed by atoms with Crippen LogP contribution >= 0.6 is 0 Å². The van der Waals surface area contributed by atoms with Crippen LogP contribution in [-0.4, -0.2) is 48.9 Å². The first-order valence-corrected chi connectivity index (χ1v) is 6.13. The number of likely N-dealkylation sites (tertiary alicyclic amines) is 1. The summed E-state index contributed by atoms with van der Waals surface area (Å²) in [5, 5.41) is 2.95. The summed E-state index contributed by atoms with van der Waals surface area (Å²) in [4.78, 5) is 13.3. The van der Waals surface area contributed by atoms with Gasteiger partial charge in [-0.25, -0.2) is 9.18 Å². The van der Waals surface area contributed by atoms with Crippen molar-refractivity contribution in [1.29, 1.82) is 0 Å². The second kappa shape index (κ2) is 5.67. The molecule has 0 radical (unpaired) electrons. The van der Waals surface area contributed by atoms with E-state index in [0.29, 0.717) is 6.54 Å². The number of carbonyl (C=O) groups excluding carboxylic acids is 1. The van der Waals surface area contributed by atoms with Gasteiger partial charge in [0.05, 0.1) is 6.54 Å². The molecule has 2 atom stereocenters. The Kier molecular flexibility index (Phi) is 4.74. The lowest BCUT2D eigenvalue weighted by Gasteiger charge is -2.27. The fourth-order valence-corrected chi connectivity index (χ4v) is 1.93. The van der Waals surface area contributed by atoms with E-state index in [1.807, 2.05) is 20.8 Å². The van der Waals surface area contributed by atoms with Gasteiger partial charge in [-0.05, 0) is 40.7 Å². The fourth-order valence-electron chi connectivity index (χ4n) is 1.93.